The van der Waals surface area contributed by atoms with E-state index in [4.69, 9.17) is 0 Å². The third kappa shape index (κ3) is 1.69. The van der Waals surface area contributed by atoms with E-state index in [1.54, 1.807) is 10.9 Å². The molecule has 0 spiro atoms. The molecule has 1 aromatic rings. The number of Topliss-reactive ketones (excluding diaryl/α,β-unsaturated/α-hetero) is 1. The van der Waals surface area contributed by atoms with Gasteiger partial charge in [-0.1, -0.05) is 18.6 Å². The Bertz CT molecular complexity index is 352. The largest absolute Gasteiger partial charge is 0.293 e. The van der Waals surface area contributed by atoms with Crippen LogP contribution in [0.25, 0.3) is 0 Å². The van der Waals surface area contributed by atoms with Gasteiger partial charge in [0.15, 0.2) is 5.78 Å². The van der Waals surface area contributed by atoms with Crippen LogP contribution < -0.4 is 0 Å². The minimum atomic E-state index is -0.0185. The number of aromatic nitrogens is 3. The van der Waals surface area contributed by atoms with Gasteiger partial charge in [0, 0.05) is 13.5 Å². The minimum absolute atomic E-state index is 0.0185. The number of nitrogens with zero attached hydrogens (tertiary/aromatic N) is 3. The molecule has 1 aliphatic rings. The van der Waals surface area contributed by atoms with Crippen molar-refractivity contribution in [2.24, 2.45) is 5.41 Å². The average Bonchev–Trinajstić information content (AvgIpc) is 2.50. The molecule has 1 aliphatic carbocycles. The summed E-state index contributed by atoms with van der Waals surface area (Å²) in [6, 6.07) is 0. The predicted molar refractivity (Wildman–Crippen MR) is 52.0 cm³/mol. The Kier molecular flexibility index (Phi) is 2.13. The number of ketones is 1. The lowest BCUT2D eigenvalue weighted by molar-refractivity contribution is 0.101. The fourth-order valence-corrected chi connectivity index (χ4v) is 1.87. The van der Waals surface area contributed by atoms with Crippen LogP contribution in [0.1, 0.15) is 43.6 Å². The van der Waals surface area contributed by atoms with Gasteiger partial charge in [-0.2, -0.15) is 0 Å². The highest BCUT2D eigenvalue weighted by molar-refractivity contribution is 5.91. The monoisotopic (exact) mass is 193 g/mol. The van der Waals surface area contributed by atoms with Crippen LogP contribution >= 0.6 is 0 Å². The Hall–Kier alpha value is -1.19. The van der Waals surface area contributed by atoms with E-state index in [0.717, 1.165) is 6.54 Å². The Balaban J connectivity index is 2.06. The minimum Gasteiger partial charge on any atom is -0.293 e. The van der Waals surface area contributed by atoms with Gasteiger partial charge in [-0.05, 0) is 18.3 Å². The topological polar surface area (TPSA) is 47.8 Å². The van der Waals surface area contributed by atoms with E-state index >= 15 is 0 Å². The maximum atomic E-state index is 11.0. The number of hydrogen-bond donors (Lipinski definition) is 0. The van der Waals surface area contributed by atoms with Crippen LogP contribution in [0.15, 0.2) is 6.20 Å². The molecule has 0 atom stereocenters. The Morgan fingerprint density at radius 1 is 1.64 bits per heavy atom. The first-order valence-electron chi connectivity index (χ1n) is 5.00. The summed E-state index contributed by atoms with van der Waals surface area (Å²) < 4.78 is 1.79. The summed E-state index contributed by atoms with van der Waals surface area (Å²) in [5.41, 5.74) is 0.842. The molecule has 1 aromatic heterocycles. The van der Waals surface area contributed by atoms with Crippen LogP contribution in [-0.2, 0) is 6.54 Å². The summed E-state index contributed by atoms with van der Waals surface area (Å²) in [5.74, 6) is -0.0185. The zero-order valence-electron chi connectivity index (χ0n) is 8.66. The molecule has 14 heavy (non-hydrogen) atoms. The molecule has 1 heterocycles. The number of carbonyl (C=O) groups excluding carboxylic acids is 1. The zero-order valence-corrected chi connectivity index (χ0v) is 8.66. The van der Waals surface area contributed by atoms with Gasteiger partial charge in [0.1, 0.15) is 5.69 Å². The van der Waals surface area contributed by atoms with Crippen LogP contribution in [0.2, 0.25) is 0 Å². The summed E-state index contributed by atoms with van der Waals surface area (Å²) in [5, 5.41) is 7.77. The first-order chi connectivity index (χ1) is 6.59. The van der Waals surface area contributed by atoms with Crippen molar-refractivity contribution >= 4 is 5.78 Å². The molecule has 2 rings (SSSR count). The number of rotatable bonds is 3. The second-order valence-corrected chi connectivity index (χ2v) is 4.52. The molecule has 0 aromatic carbocycles. The SMILES string of the molecule is CC(=O)c1cn(CC2(C)CCC2)nn1. The average molecular weight is 193 g/mol. The second kappa shape index (κ2) is 3.19. The van der Waals surface area contributed by atoms with Gasteiger partial charge in [-0.15, -0.1) is 5.10 Å². The van der Waals surface area contributed by atoms with E-state index in [2.05, 4.69) is 17.2 Å². The fourth-order valence-electron chi connectivity index (χ4n) is 1.87. The highest BCUT2D eigenvalue weighted by Gasteiger charge is 2.32. The van der Waals surface area contributed by atoms with E-state index in [0.29, 0.717) is 11.1 Å². The molecule has 0 aliphatic heterocycles. The Labute approximate surface area is 83.3 Å². The molecule has 0 N–H and O–H groups in total. The first kappa shape index (κ1) is 9.37. The van der Waals surface area contributed by atoms with Crippen molar-refractivity contribution in [1.82, 2.24) is 15.0 Å². The van der Waals surface area contributed by atoms with Crippen LogP contribution in [0.4, 0.5) is 0 Å². The van der Waals surface area contributed by atoms with Gasteiger partial charge in [0.05, 0.1) is 6.20 Å². The van der Waals surface area contributed by atoms with E-state index in [1.807, 2.05) is 0 Å². The molecule has 4 nitrogen and oxygen atoms in total. The number of hydrogen-bond acceptors (Lipinski definition) is 3. The maximum Gasteiger partial charge on any atom is 0.181 e. The highest BCUT2D eigenvalue weighted by atomic mass is 16.1. The predicted octanol–water partition coefficient (Wildman–Crippen LogP) is 1.67. The van der Waals surface area contributed by atoms with E-state index in [-0.39, 0.29) is 5.78 Å². The van der Waals surface area contributed by atoms with Crippen molar-refractivity contribution in [3.05, 3.63) is 11.9 Å². The molecule has 0 unspecified atom stereocenters. The normalized spacial score (nSPS) is 19.0. The molecule has 0 saturated heterocycles. The Morgan fingerprint density at radius 2 is 2.36 bits per heavy atom. The van der Waals surface area contributed by atoms with Crippen molar-refractivity contribution in [3.8, 4) is 0 Å². The van der Waals surface area contributed by atoms with Crippen molar-refractivity contribution in [2.75, 3.05) is 0 Å². The summed E-state index contributed by atoms with van der Waals surface area (Å²) in [6.07, 6.45) is 5.56. The summed E-state index contributed by atoms with van der Waals surface area (Å²) in [6.45, 7) is 4.65. The lowest BCUT2D eigenvalue weighted by atomic mass is 9.70. The maximum absolute atomic E-state index is 11.0. The van der Waals surface area contributed by atoms with Crippen LogP contribution in [-0.4, -0.2) is 20.8 Å². The quantitative estimate of drug-likeness (QED) is 0.686. The molecule has 0 radical (unpaired) electrons. The lowest BCUT2D eigenvalue weighted by Crippen LogP contribution is -2.30. The van der Waals surface area contributed by atoms with Crippen molar-refractivity contribution < 1.29 is 4.79 Å². The first-order valence-corrected chi connectivity index (χ1v) is 5.00. The summed E-state index contributed by atoms with van der Waals surface area (Å²) >= 11 is 0. The van der Waals surface area contributed by atoms with Crippen molar-refractivity contribution in [2.45, 2.75) is 39.7 Å². The van der Waals surface area contributed by atoms with Gasteiger partial charge in [0.25, 0.3) is 0 Å². The van der Waals surface area contributed by atoms with Gasteiger partial charge in [-0.25, -0.2) is 0 Å². The van der Waals surface area contributed by atoms with Crippen LogP contribution in [0.5, 0.6) is 0 Å². The number of carbonyl (C=O) groups is 1. The van der Waals surface area contributed by atoms with Crippen molar-refractivity contribution in [1.29, 1.82) is 0 Å². The highest BCUT2D eigenvalue weighted by Crippen LogP contribution is 2.41. The van der Waals surface area contributed by atoms with Crippen LogP contribution in [0.3, 0.4) is 0 Å². The Morgan fingerprint density at radius 3 is 2.79 bits per heavy atom. The van der Waals surface area contributed by atoms with E-state index in [1.165, 1.54) is 26.2 Å². The molecule has 76 valence electrons. The fraction of sp³-hybridized carbons (Fsp3) is 0.700. The third-order valence-electron chi connectivity index (χ3n) is 3.00. The van der Waals surface area contributed by atoms with Crippen molar-refractivity contribution in [3.63, 3.8) is 0 Å². The van der Waals surface area contributed by atoms with Gasteiger partial charge < -0.3 is 0 Å². The molecule has 1 fully saturated rings. The van der Waals surface area contributed by atoms with E-state index in [9.17, 15) is 4.79 Å². The molecular weight excluding hydrogens is 178 g/mol. The van der Waals surface area contributed by atoms with Gasteiger partial charge in [-0.3, -0.25) is 9.48 Å². The molecule has 4 heteroatoms. The molecular formula is C10H15N3O. The van der Waals surface area contributed by atoms with Crippen LogP contribution in [0, 0.1) is 5.41 Å². The lowest BCUT2D eigenvalue weighted by Gasteiger charge is -2.37. The molecule has 0 amide bonds. The third-order valence-corrected chi connectivity index (χ3v) is 3.00. The van der Waals surface area contributed by atoms with E-state index < -0.39 is 0 Å². The van der Waals surface area contributed by atoms with Gasteiger partial charge >= 0.3 is 0 Å². The smallest absolute Gasteiger partial charge is 0.181 e. The second-order valence-electron chi connectivity index (χ2n) is 4.52. The zero-order chi connectivity index (χ0) is 10.2. The van der Waals surface area contributed by atoms with Gasteiger partial charge in [0.2, 0.25) is 0 Å². The standard InChI is InChI=1S/C10H15N3O/c1-8(14)9-6-13(12-11-9)7-10(2)4-3-5-10/h6H,3-5,7H2,1-2H3. The summed E-state index contributed by atoms with van der Waals surface area (Å²) in [7, 11) is 0. The summed E-state index contributed by atoms with van der Waals surface area (Å²) in [4.78, 5) is 11.0. The molecule has 1 saturated carbocycles. The molecule has 0 bridgehead atoms.